The molecule has 0 amide bonds. The van der Waals surface area contributed by atoms with Gasteiger partial charge in [-0.1, -0.05) is 36.4 Å². The summed E-state index contributed by atoms with van der Waals surface area (Å²) in [5, 5.41) is 0. The maximum atomic E-state index is 13.6. The Morgan fingerprint density at radius 1 is 0.913 bits per heavy atom. The van der Waals surface area contributed by atoms with E-state index in [0.717, 1.165) is 18.4 Å². The van der Waals surface area contributed by atoms with E-state index in [-0.39, 0.29) is 5.56 Å². The largest absolute Gasteiger partial charge is 0.422 e. The maximum absolute atomic E-state index is 13.6. The van der Waals surface area contributed by atoms with Crippen molar-refractivity contribution in [2.45, 2.75) is 25.9 Å². The van der Waals surface area contributed by atoms with Gasteiger partial charge in [-0.3, -0.25) is 0 Å². The maximum Gasteiger partial charge on any atom is 0.422 e. The summed E-state index contributed by atoms with van der Waals surface area (Å²) in [6.45, 7) is 1.93. The molecule has 0 aliphatic carbocycles. The molecule has 0 unspecified atom stereocenters. The smallest absolute Gasteiger partial charge is 0.206 e. The lowest BCUT2D eigenvalue weighted by Crippen LogP contribution is -2.11. The lowest BCUT2D eigenvalue weighted by atomic mass is 10.00. The van der Waals surface area contributed by atoms with Gasteiger partial charge >= 0.3 is 6.18 Å². The number of allylic oxidation sites excluding steroid dienone is 2. The van der Waals surface area contributed by atoms with Crippen LogP contribution in [-0.2, 0) is 12.6 Å². The first-order valence-electron chi connectivity index (χ1n) is 7.09. The second-order valence-electron chi connectivity index (χ2n) is 5.12. The number of hydrogen-bond acceptors (Lipinski definition) is 0. The minimum absolute atomic E-state index is 0.0769. The van der Waals surface area contributed by atoms with Crippen LogP contribution in [-0.4, -0.2) is 0 Å². The van der Waals surface area contributed by atoms with Crippen LogP contribution in [0.15, 0.2) is 48.6 Å². The first-order chi connectivity index (χ1) is 10.8. The van der Waals surface area contributed by atoms with E-state index in [4.69, 9.17) is 0 Å². The quantitative estimate of drug-likeness (QED) is 0.466. The third-order valence-electron chi connectivity index (χ3n) is 3.45. The van der Waals surface area contributed by atoms with Gasteiger partial charge in [0.25, 0.3) is 0 Å². The molecule has 5 heteroatoms. The first kappa shape index (κ1) is 17.2. The number of halogens is 5. The summed E-state index contributed by atoms with van der Waals surface area (Å²) in [4.78, 5) is 0. The van der Waals surface area contributed by atoms with E-state index in [1.807, 2.05) is 19.1 Å². The highest BCUT2D eigenvalue weighted by atomic mass is 19.4. The predicted octanol–water partition coefficient (Wildman–Crippen LogP) is 6.16. The lowest BCUT2D eigenvalue weighted by molar-refractivity contribution is -0.142. The Morgan fingerprint density at radius 3 is 1.96 bits per heavy atom. The molecule has 0 heterocycles. The van der Waals surface area contributed by atoms with Crippen molar-refractivity contribution in [2.75, 3.05) is 0 Å². The molecule has 0 saturated heterocycles. The number of hydrogen-bond donors (Lipinski definition) is 0. The minimum Gasteiger partial charge on any atom is -0.206 e. The van der Waals surface area contributed by atoms with Gasteiger partial charge in [-0.15, -0.1) is 0 Å². The fraction of sp³-hybridized carbons (Fsp3) is 0.222. The van der Waals surface area contributed by atoms with Gasteiger partial charge in [0, 0.05) is 0 Å². The number of benzene rings is 2. The summed E-state index contributed by atoms with van der Waals surface area (Å²) >= 11 is 0. The summed E-state index contributed by atoms with van der Waals surface area (Å²) in [6, 6.07) is 8.30. The molecule has 0 radical (unpaired) electrons. The molecule has 0 aliphatic rings. The van der Waals surface area contributed by atoms with Crippen LogP contribution in [0, 0.1) is 11.6 Å². The van der Waals surface area contributed by atoms with Crippen molar-refractivity contribution in [1.82, 2.24) is 0 Å². The molecule has 0 spiro atoms. The highest BCUT2D eigenvalue weighted by Crippen LogP contribution is 2.35. The van der Waals surface area contributed by atoms with Crippen LogP contribution in [0.2, 0.25) is 0 Å². The van der Waals surface area contributed by atoms with E-state index in [2.05, 4.69) is 0 Å². The minimum atomic E-state index is -5.05. The number of aryl methyl sites for hydroxylation is 1. The molecule has 0 bridgehead atoms. The van der Waals surface area contributed by atoms with Crippen LogP contribution in [0.25, 0.3) is 11.1 Å². The Hall–Kier alpha value is -2.17. The van der Waals surface area contributed by atoms with Gasteiger partial charge in [0.2, 0.25) is 0 Å². The van der Waals surface area contributed by atoms with Crippen LogP contribution in [0.3, 0.4) is 0 Å². The summed E-state index contributed by atoms with van der Waals surface area (Å²) in [5.41, 5.74) is -0.275. The molecule has 0 aromatic heterocycles. The molecule has 2 rings (SSSR count). The summed E-state index contributed by atoms with van der Waals surface area (Å²) in [6.07, 6.45) is 0.611. The number of alkyl halides is 3. The second-order valence-corrected chi connectivity index (χ2v) is 5.12. The lowest BCUT2D eigenvalue weighted by Gasteiger charge is -2.11. The van der Waals surface area contributed by atoms with Crippen LogP contribution < -0.4 is 0 Å². The average molecular weight is 326 g/mol. The zero-order chi connectivity index (χ0) is 17.0. The van der Waals surface area contributed by atoms with Gasteiger partial charge < -0.3 is 0 Å². The highest BCUT2D eigenvalue weighted by molar-refractivity contribution is 5.64. The van der Waals surface area contributed by atoms with E-state index in [9.17, 15) is 22.0 Å². The van der Waals surface area contributed by atoms with Crippen molar-refractivity contribution < 1.29 is 22.0 Å². The van der Waals surface area contributed by atoms with E-state index in [1.54, 1.807) is 24.3 Å². The van der Waals surface area contributed by atoms with Crippen LogP contribution in [0.4, 0.5) is 22.0 Å². The Labute approximate surface area is 131 Å². The predicted molar refractivity (Wildman–Crippen MR) is 79.9 cm³/mol. The van der Waals surface area contributed by atoms with Gasteiger partial charge in [0.15, 0.2) is 0 Å². The molecular weight excluding hydrogens is 311 g/mol. The Bertz CT molecular complexity index is 673. The van der Waals surface area contributed by atoms with Crippen LogP contribution in [0.1, 0.15) is 24.5 Å². The van der Waals surface area contributed by atoms with E-state index < -0.39 is 23.4 Å². The molecule has 0 atom stereocenters. The Balaban J connectivity index is 2.29. The third kappa shape index (κ3) is 4.18. The average Bonchev–Trinajstić information content (AvgIpc) is 2.46. The summed E-state index contributed by atoms with van der Waals surface area (Å²) in [5.74, 6) is -3.21. The fourth-order valence-corrected chi connectivity index (χ4v) is 2.29. The van der Waals surface area contributed by atoms with Gasteiger partial charge in [-0.25, -0.2) is 8.78 Å². The molecule has 2 aromatic rings. The molecule has 23 heavy (non-hydrogen) atoms. The molecule has 122 valence electrons. The van der Waals surface area contributed by atoms with E-state index >= 15 is 0 Å². The number of rotatable bonds is 4. The summed E-state index contributed by atoms with van der Waals surface area (Å²) in [7, 11) is 0. The normalized spacial score (nSPS) is 12.1. The van der Waals surface area contributed by atoms with Crippen molar-refractivity contribution >= 4 is 0 Å². The SMILES string of the molecule is C/C=C/CCc1ccc(-c2cc(F)c(C(F)(F)F)c(F)c2)cc1. The van der Waals surface area contributed by atoms with Gasteiger partial charge in [-0.05, 0) is 48.6 Å². The molecule has 0 aliphatic heterocycles. The second kappa shape index (κ2) is 6.94. The first-order valence-corrected chi connectivity index (χ1v) is 7.09. The van der Waals surface area contributed by atoms with E-state index in [1.165, 1.54) is 0 Å². The molecule has 2 aromatic carbocycles. The highest BCUT2D eigenvalue weighted by Gasteiger charge is 2.37. The fourth-order valence-electron chi connectivity index (χ4n) is 2.29. The van der Waals surface area contributed by atoms with Gasteiger partial charge in [0.1, 0.15) is 17.2 Å². The Kier molecular flexibility index (Phi) is 5.19. The van der Waals surface area contributed by atoms with Crippen molar-refractivity contribution in [3.63, 3.8) is 0 Å². The van der Waals surface area contributed by atoms with Crippen molar-refractivity contribution in [3.05, 3.63) is 71.3 Å². The van der Waals surface area contributed by atoms with Crippen molar-refractivity contribution in [1.29, 1.82) is 0 Å². The molecule has 0 saturated carbocycles. The standard InChI is InChI=1S/C18H15F5/c1-2-3-4-5-12-6-8-13(9-7-12)14-10-15(19)17(16(20)11-14)18(21,22)23/h2-3,6-11H,4-5H2,1H3/b3-2+. The van der Waals surface area contributed by atoms with Crippen LogP contribution in [0.5, 0.6) is 0 Å². The molecular formula is C18H15F5. The van der Waals surface area contributed by atoms with E-state index in [0.29, 0.717) is 17.7 Å². The Morgan fingerprint density at radius 2 is 1.48 bits per heavy atom. The molecule has 0 fully saturated rings. The summed E-state index contributed by atoms with van der Waals surface area (Å²) < 4.78 is 64.9. The van der Waals surface area contributed by atoms with Gasteiger partial charge in [-0.2, -0.15) is 13.2 Å². The topological polar surface area (TPSA) is 0 Å². The van der Waals surface area contributed by atoms with Crippen LogP contribution >= 0.6 is 0 Å². The third-order valence-corrected chi connectivity index (χ3v) is 3.45. The van der Waals surface area contributed by atoms with Crippen molar-refractivity contribution in [2.24, 2.45) is 0 Å². The molecule has 0 nitrogen and oxygen atoms in total. The zero-order valence-electron chi connectivity index (χ0n) is 12.4. The van der Waals surface area contributed by atoms with Crippen molar-refractivity contribution in [3.8, 4) is 11.1 Å². The molecule has 0 N–H and O–H groups in total. The zero-order valence-corrected chi connectivity index (χ0v) is 12.4. The monoisotopic (exact) mass is 326 g/mol. The van der Waals surface area contributed by atoms with Gasteiger partial charge in [0.05, 0.1) is 0 Å².